The normalized spacial score (nSPS) is 9.81. The van der Waals surface area contributed by atoms with Crippen molar-refractivity contribution in [2.45, 2.75) is 27.7 Å². The van der Waals surface area contributed by atoms with Crippen molar-refractivity contribution in [2.24, 2.45) is 0 Å². The molecule has 3 rings (SSSR count). The molecule has 3 N–H and O–H groups in total. The second-order valence-corrected chi connectivity index (χ2v) is 6.21. The number of amides is 1. The minimum atomic E-state index is -0.315. The van der Waals surface area contributed by atoms with Crippen LogP contribution in [0.2, 0.25) is 0 Å². The highest BCUT2D eigenvalue weighted by molar-refractivity contribution is 6.07. The first-order valence-electron chi connectivity index (χ1n) is 10.0. The first-order chi connectivity index (χ1) is 15.0. The van der Waals surface area contributed by atoms with Crippen molar-refractivity contribution in [1.29, 1.82) is 10.8 Å². The number of hydrogen-bond donors (Lipinski definition) is 3. The molecular weight excluding hydrogens is 394 g/mol. The lowest BCUT2D eigenvalue weighted by Gasteiger charge is -2.12. The summed E-state index contributed by atoms with van der Waals surface area (Å²) in [5.74, 6) is -0.0782. The van der Waals surface area contributed by atoms with E-state index >= 15 is 0 Å². The Morgan fingerprint density at radius 1 is 1.03 bits per heavy atom. The van der Waals surface area contributed by atoms with Crippen molar-refractivity contribution in [3.8, 4) is 5.75 Å². The third-order valence-electron chi connectivity index (χ3n) is 4.01. The number of benzene rings is 2. The van der Waals surface area contributed by atoms with Crippen LogP contribution in [0.25, 0.3) is 0 Å². The Labute approximate surface area is 182 Å². The predicted octanol–water partition coefficient (Wildman–Crippen LogP) is 5.63. The zero-order valence-corrected chi connectivity index (χ0v) is 18.1. The van der Waals surface area contributed by atoms with Crippen LogP contribution >= 0.6 is 0 Å². The number of nitrogens with one attached hydrogen (secondary N) is 3. The third-order valence-corrected chi connectivity index (χ3v) is 4.01. The highest BCUT2D eigenvalue weighted by Gasteiger charge is 2.15. The van der Waals surface area contributed by atoms with E-state index in [4.69, 9.17) is 24.7 Å². The van der Waals surface area contributed by atoms with Crippen molar-refractivity contribution in [2.75, 3.05) is 11.9 Å². The van der Waals surface area contributed by atoms with Crippen LogP contribution in [-0.2, 0) is 4.74 Å². The molecule has 7 heteroatoms. The number of carbonyl (C=O) groups is 1. The van der Waals surface area contributed by atoms with Gasteiger partial charge < -0.3 is 19.2 Å². The van der Waals surface area contributed by atoms with Crippen LogP contribution in [0.4, 0.5) is 5.69 Å². The van der Waals surface area contributed by atoms with Crippen LogP contribution in [0.15, 0.2) is 65.3 Å². The average molecular weight is 421 g/mol. The maximum atomic E-state index is 12.8. The monoisotopic (exact) mass is 421 g/mol. The van der Waals surface area contributed by atoms with Gasteiger partial charge in [0.1, 0.15) is 5.75 Å². The first kappa shape index (κ1) is 23.4. The Kier molecular flexibility index (Phi) is 8.57. The highest BCUT2D eigenvalue weighted by Crippen LogP contribution is 2.22. The number of furan rings is 1. The van der Waals surface area contributed by atoms with Gasteiger partial charge in [-0.3, -0.25) is 15.6 Å². The van der Waals surface area contributed by atoms with E-state index in [0.717, 1.165) is 5.56 Å². The SMILES string of the molecule is CC.CCOc1ccc(C)cc1C(=O)Nc1cccc(C(=N)OC(=N)c2ccco2)c1. The van der Waals surface area contributed by atoms with E-state index in [0.29, 0.717) is 29.2 Å². The molecule has 3 aromatic rings. The van der Waals surface area contributed by atoms with Crippen molar-refractivity contribution in [1.82, 2.24) is 0 Å². The number of anilines is 1. The number of aryl methyl sites for hydroxylation is 1. The van der Waals surface area contributed by atoms with Crippen molar-refractivity contribution in [3.63, 3.8) is 0 Å². The van der Waals surface area contributed by atoms with Gasteiger partial charge in [0.25, 0.3) is 11.8 Å². The first-order valence-corrected chi connectivity index (χ1v) is 10.0. The quantitative estimate of drug-likeness (QED) is 0.354. The van der Waals surface area contributed by atoms with Gasteiger partial charge in [0.05, 0.1) is 18.4 Å². The lowest BCUT2D eigenvalue weighted by molar-refractivity contribution is 0.102. The molecule has 1 aromatic heterocycles. The molecule has 162 valence electrons. The van der Waals surface area contributed by atoms with Crippen molar-refractivity contribution >= 4 is 23.4 Å². The lowest BCUT2D eigenvalue weighted by atomic mass is 10.1. The van der Waals surface area contributed by atoms with E-state index in [1.807, 2.05) is 33.8 Å². The van der Waals surface area contributed by atoms with E-state index in [9.17, 15) is 4.79 Å². The lowest BCUT2D eigenvalue weighted by Crippen LogP contribution is -2.15. The van der Waals surface area contributed by atoms with Gasteiger partial charge in [-0.2, -0.15) is 0 Å². The largest absolute Gasteiger partial charge is 0.493 e. The Morgan fingerprint density at radius 2 is 1.81 bits per heavy atom. The standard InChI is InChI=1S/C22H21N3O4.C2H6/c1-3-27-18-10-9-14(2)12-17(18)22(26)25-16-7-4-6-15(13-16)20(23)29-21(24)19-8-5-11-28-19;1-2/h4-13,23-24H,3H2,1-2H3,(H,25,26);1-2H3. The summed E-state index contributed by atoms with van der Waals surface area (Å²) in [5, 5.41) is 18.8. The predicted molar refractivity (Wildman–Crippen MR) is 122 cm³/mol. The molecule has 0 atom stereocenters. The number of hydrogen-bond acceptors (Lipinski definition) is 6. The summed E-state index contributed by atoms with van der Waals surface area (Å²) in [7, 11) is 0. The molecule has 0 aliphatic carbocycles. The third kappa shape index (κ3) is 6.30. The maximum absolute atomic E-state index is 12.8. The summed E-state index contributed by atoms with van der Waals surface area (Å²) in [6.45, 7) is 8.21. The van der Waals surface area contributed by atoms with Crippen molar-refractivity contribution < 1.29 is 18.7 Å². The number of carbonyl (C=O) groups excluding carboxylic acids is 1. The van der Waals surface area contributed by atoms with Crippen LogP contribution in [0, 0.1) is 17.7 Å². The molecule has 1 amide bonds. The summed E-state index contributed by atoms with van der Waals surface area (Å²) in [4.78, 5) is 12.8. The van der Waals surface area contributed by atoms with E-state index in [1.165, 1.54) is 6.26 Å². The van der Waals surface area contributed by atoms with Gasteiger partial charge in [-0.15, -0.1) is 0 Å². The van der Waals surface area contributed by atoms with Crippen LogP contribution < -0.4 is 10.1 Å². The molecule has 0 saturated heterocycles. The van der Waals surface area contributed by atoms with Crippen LogP contribution in [0.5, 0.6) is 5.75 Å². The molecule has 0 unspecified atom stereocenters. The van der Waals surface area contributed by atoms with Gasteiger partial charge in [-0.25, -0.2) is 0 Å². The zero-order valence-electron chi connectivity index (χ0n) is 18.1. The molecule has 0 aliphatic heterocycles. The minimum absolute atomic E-state index is 0.224. The van der Waals surface area contributed by atoms with Gasteiger partial charge in [-0.1, -0.05) is 31.5 Å². The molecule has 0 aliphatic rings. The van der Waals surface area contributed by atoms with E-state index < -0.39 is 0 Å². The van der Waals surface area contributed by atoms with Crippen LogP contribution in [-0.4, -0.2) is 24.3 Å². The second kappa shape index (κ2) is 11.3. The fraction of sp³-hybridized carbons (Fsp3) is 0.208. The molecule has 0 saturated carbocycles. The van der Waals surface area contributed by atoms with Gasteiger partial charge in [0.15, 0.2) is 5.76 Å². The van der Waals surface area contributed by atoms with Crippen LogP contribution in [0.1, 0.15) is 48.0 Å². The smallest absolute Gasteiger partial charge is 0.259 e. The van der Waals surface area contributed by atoms with Gasteiger partial charge in [0, 0.05) is 11.3 Å². The van der Waals surface area contributed by atoms with E-state index in [1.54, 1.807) is 48.5 Å². The molecule has 0 fully saturated rings. The summed E-state index contributed by atoms with van der Waals surface area (Å²) in [6, 6.07) is 15.3. The molecule has 0 spiro atoms. The van der Waals surface area contributed by atoms with E-state index in [-0.39, 0.29) is 23.5 Å². The second-order valence-electron chi connectivity index (χ2n) is 6.21. The van der Waals surface area contributed by atoms with Crippen molar-refractivity contribution in [3.05, 3.63) is 83.3 Å². The Morgan fingerprint density at radius 3 is 2.48 bits per heavy atom. The fourth-order valence-corrected chi connectivity index (χ4v) is 2.66. The Hall–Kier alpha value is -3.87. The Bertz CT molecular complexity index is 1040. The molecule has 0 bridgehead atoms. The maximum Gasteiger partial charge on any atom is 0.259 e. The Balaban J connectivity index is 0.00000166. The number of rotatable bonds is 6. The average Bonchev–Trinajstić information content (AvgIpc) is 3.32. The minimum Gasteiger partial charge on any atom is -0.493 e. The van der Waals surface area contributed by atoms with Gasteiger partial charge in [-0.05, 0) is 56.3 Å². The van der Waals surface area contributed by atoms with Crippen LogP contribution in [0.3, 0.4) is 0 Å². The topological polar surface area (TPSA) is 108 Å². The molecule has 0 radical (unpaired) electrons. The fourth-order valence-electron chi connectivity index (χ4n) is 2.66. The molecule has 7 nitrogen and oxygen atoms in total. The molecular formula is C24H27N3O4. The van der Waals surface area contributed by atoms with Gasteiger partial charge >= 0.3 is 0 Å². The zero-order chi connectivity index (χ0) is 22.8. The summed E-state index contributed by atoms with van der Waals surface area (Å²) in [6.07, 6.45) is 1.43. The summed E-state index contributed by atoms with van der Waals surface area (Å²) >= 11 is 0. The summed E-state index contributed by atoms with van der Waals surface area (Å²) < 4.78 is 15.9. The highest BCUT2D eigenvalue weighted by atomic mass is 16.5. The molecule has 31 heavy (non-hydrogen) atoms. The number of ether oxygens (including phenoxy) is 2. The van der Waals surface area contributed by atoms with E-state index in [2.05, 4.69) is 5.32 Å². The molecule has 2 aromatic carbocycles. The van der Waals surface area contributed by atoms with Gasteiger partial charge in [0.2, 0.25) is 5.90 Å². The molecule has 1 heterocycles. The summed E-state index contributed by atoms with van der Waals surface area (Å²) in [5.41, 5.74) is 2.28.